The van der Waals surface area contributed by atoms with Crippen LogP contribution in [-0.4, -0.2) is 6.21 Å². The molecule has 1 heteroatoms. The van der Waals surface area contributed by atoms with Gasteiger partial charge in [-0.3, -0.25) is 0 Å². The second-order valence-corrected chi connectivity index (χ2v) is 2.90. The molecule has 0 saturated heterocycles. The minimum absolute atomic E-state index is 0.954. The molecule has 0 heterocycles. The summed E-state index contributed by atoms with van der Waals surface area (Å²) in [5, 5.41) is 0. The minimum Gasteiger partial charge on any atom is -0.248 e. The normalized spacial score (nSPS) is 10.2. The van der Waals surface area contributed by atoms with E-state index in [0.717, 1.165) is 12.1 Å². The lowest BCUT2D eigenvalue weighted by Gasteiger charge is -2.01. The van der Waals surface area contributed by atoms with Crippen LogP contribution in [-0.2, 0) is 6.42 Å². The number of terminal acetylenes is 1. The number of rotatable bonds is 2. The first-order valence-electron chi connectivity index (χ1n) is 4.36. The first kappa shape index (κ1) is 9.54. The van der Waals surface area contributed by atoms with Crippen molar-refractivity contribution in [3.8, 4) is 12.3 Å². The predicted molar refractivity (Wildman–Crippen MR) is 57.5 cm³/mol. The Morgan fingerprint density at radius 3 is 2.85 bits per heavy atom. The average Bonchev–Trinajstić information content (AvgIpc) is 2.16. The summed E-state index contributed by atoms with van der Waals surface area (Å²) in [7, 11) is 0. The van der Waals surface area contributed by atoms with Gasteiger partial charge in [0.2, 0.25) is 0 Å². The summed E-state index contributed by atoms with van der Waals surface area (Å²) in [6, 6.07) is 6.22. The third-order valence-electron chi connectivity index (χ3n) is 1.95. The molecule has 0 unspecified atom stereocenters. The van der Waals surface area contributed by atoms with E-state index in [1.807, 2.05) is 13.0 Å². The molecule has 1 aromatic rings. The second-order valence-electron chi connectivity index (χ2n) is 2.90. The van der Waals surface area contributed by atoms with E-state index in [0.29, 0.717) is 0 Å². The van der Waals surface area contributed by atoms with Gasteiger partial charge in [-0.25, -0.2) is 4.99 Å². The molecule has 13 heavy (non-hydrogen) atoms. The van der Waals surface area contributed by atoms with Crippen LogP contribution in [0.4, 0.5) is 5.69 Å². The monoisotopic (exact) mass is 171 g/mol. The largest absolute Gasteiger partial charge is 0.248 e. The molecule has 1 aromatic carbocycles. The Morgan fingerprint density at radius 1 is 1.54 bits per heavy atom. The molecule has 0 aromatic heterocycles. The maximum atomic E-state index is 5.08. The third-order valence-corrected chi connectivity index (χ3v) is 1.95. The van der Waals surface area contributed by atoms with Gasteiger partial charge in [-0.1, -0.05) is 25.0 Å². The van der Waals surface area contributed by atoms with E-state index in [9.17, 15) is 0 Å². The van der Waals surface area contributed by atoms with Gasteiger partial charge in [0, 0.05) is 0 Å². The number of hydrogen-bond donors (Lipinski definition) is 0. The maximum absolute atomic E-state index is 5.08. The van der Waals surface area contributed by atoms with Crippen molar-refractivity contribution in [2.75, 3.05) is 0 Å². The molecule has 0 aliphatic rings. The fourth-order valence-electron chi connectivity index (χ4n) is 1.19. The van der Waals surface area contributed by atoms with Crippen molar-refractivity contribution in [3.05, 3.63) is 29.3 Å². The quantitative estimate of drug-likeness (QED) is 0.479. The van der Waals surface area contributed by atoms with Gasteiger partial charge < -0.3 is 0 Å². The minimum atomic E-state index is 0.954. The van der Waals surface area contributed by atoms with Crippen molar-refractivity contribution in [1.29, 1.82) is 0 Å². The zero-order chi connectivity index (χ0) is 9.68. The molecule has 1 nitrogen and oxygen atoms in total. The van der Waals surface area contributed by atoms with Crippen molar-refractivity contribution in [2.24, 2.45) is 4.99 Å². The number of aryl methyl sites for hydroxylation is 2. The van der Waals surface area contributed by atoms with Crippen LogP contribution >= 0.6 is 0 Å². The smallest absolute Gasteiger partial charge is 0.0771 e. The first-order chi connectivity index (χ1) is 6.27. The third kappa shape index (κ3) is 2.45. The summed E-state index contributed by atoms with van der Waals surface area (Å²) >= 11 is 0. The molecule has 1 rings (SSSR count). The highest BCUT2D eigenvalue weighted by atomic mass is 14.7. The Morgan fingerprint density at radius 2 is 2.31 bits per heavy atom. The van der Waals surface area contributed by atoms with Crippen molar-refractivity contribution in [3.63, 3.8) is 0 Å². The predicted octanol–water partition coefficient (Wildman–Crippen LogP) is 2.89. The van der Waals surface area contributed by atoms with Gasteiger partial charge in [0.25, 0.3) is 0 Å². The van der Waals surface area contributed by atoms with Gasteiger partial charge in [0.05, 0.1) is 11.9 Å². The van der Waals surface area contributed by atoms with E-state index >= 15 is 0 Å². The van der Waals surface area contributed by atoms with Gasteiger partial charge in [-0.2, -0.15) is 0 Å². The Balaban J connectivity index is 3.00. The summed E-state index contributed by atoms with van der Waals surface area (Å²) in [6.07, 6.45) is 7.62. The molecule has 0 bridgehead atoms. The van der Waals surface area contributed by atoms with Crippen LogP contribution in [0.3, 0.4) is 0 Å². The molecule has 0 N–H and O–H groups in total. The molecule has 0 saturated carbocycles. The lowest BCUT2D eigenvalue weighted by Crippen LogP contribution is -1.82. The number of benzene rings is 1. The summed E-state index contributed by atoms with van der Waals surface area (Å²) in [5.41, 5.74) is 3.46. The van der Waals surface area contributed by atoms with Crippen LogP contribution in [0.5, 0.6) is 0 Å². The maximum Gasteiger partial charge on any atom is 0.0771 e. The van der Waals surface area contributed by atoms with Crippen LogP contribution in [0, 0.1) is 19.3 Å². The zero-order valence-electron chi connectivity index (χ0n) is 8.04. The van der Waals surface area contributed by atoms with Gasteiger partial charge >= 0.3 is 0 Å². The van der Waals surface area contributed by atoms with E-state index in [1.165, 1.54) is 17.3 Å². The highest BCUT2D eigenvalue weighted by Crippen LogP contribution is 2.19. The summed E-state index contributed by atoms with van der Waals surface area (Å²) in [4.78, 5) is 4.14. The number of nitrogens with zero attached hydrogens (tertiary/aromatic N) is 1. The van der Waals surface area contributed by atoms with Crippen molar-refractivity contribution in [2.45, 2.75) is 20.3 Å². The van der Waals surface area contributed by atoms with E-state index < -0.39 is 0 Å². The molecular weight excluding hydrogens is 158 g/mol. The van der Waals surface area contributed by atoms with Crippen LogP contribution in [0.15, 0.2) is 23.2 Å². The van der Waals surface area contributed by atoms with E-state index in [2.05, 4.69) is 30.0 Å². The molecule has 66 valence electrons. The Labute approximate surface area is 79.5 Å². The molecule has 0 radical (unpaired) electrons. The summed E-state index contributed by atoms with van der Waals surface area (Å²) in [5.74, 6) is 2.38. The zero-order valence-corrected chi connectivity index (χ0v) is 8.04. The van der Waals surface area contributed by atoms with Gasteiger partial charge in [-0.05, 0) is 30.5 Å². The summed E-state index contributed by atoms with van der Waals surface area (Å²) in [6.45, 7) is 4.18. The van der Waals surface area contributed by atoms with E-state index in [1.54, 1.807) is 0 Å². The molecular formula is C12H13N. The fraction of sp³-hybridized carbons (Fsp3) is 0.250. The van der Waals surface area contributed by atoms with Crippen LogP contribution in [0.25, 0.3) is 0 Å². The summed E-state index contributed by atoms with van der Waals surface area (Å²) < 4.78 is 0. The highest BCUT2D eigenvalue weighted by Gasteiger charge is 1.95. The SMILES string of the molecule is C#C/C=N\c1ccc(CC)cc1C. The number of hydrogen-bond acceptors (Lipinski definition) is 1. The van der Waals surface area contributed by atoms with E-state index in [-0.39, 0.29) is 0 Å². The standard InChI is InChI=1S/C12H13N/c1-4-8-13-12-7-6-11(5-2)9-10(12)3/h1,6-9H,5H2,2-3H3/b13-8-. The highest BCUT2D eigenvalue weighted by molar-refractivity contribution is 5.80. The van der Waals surface area contributed by atoms with Crippen LogP contribution in [0.1, 0.15) is 18.1 Å². The molecule has 0 atom stereocenters. The first-order valence-corrected chi connectivity index (χ1v) is 4.36. The Kier molecular flexibility index (Phi) is 3.28. The van der Waals surface area contributed by atoms with Crippen molar-refractivity contribution >= 4 is 11.9 Å². The van der Waals surface area contributed by atoms with Gasteiger partial charge in [-0.15, -0.1) is 6.42 Å². The molecule has 0 aliphatic carbocycles. The van der Waals surface area contributed by atoms with Crippen molar-refractivity contribution in [1.82, 2.24) is 0 Å². The Hall–Kier alpha value is -1.55. The van der Waals surface area contributed by atoms with Gasteiger partial charge in [0.15, 0.2) is 0 Å². The molecule has 0 aliphatic heterocycles. The van der Waals surface area contributed by atoms with Crippen LogP contribution < -0.4 is 0 Å². The Bertz CT molecular complexity index is 356. The molecule has 0 amide bonds. The lowest BCUT2D eigenvalue weighted by molar-refractivity contribution is 1.13. The second kappa shape index (κ2) is 4.47. The average molecular weight is 171 g/mol. The van der Waals surface area contributed by atoms with E-state index in [4.69, 9.17) is 6.42 Å². The van der Waals surface area contributed by atoms with Crippen LogP contribution in [0.2, 0.25) is 0 Å². The fourth-order valence-corrected chi connectivity index (χ4v) is 1.19. The number of aliphatic imine (C=N–C) groups is 1. The molecule has 0 spiro atoms. The van der Waals surface area contributed by atoms with Gasteiger partial charge in [0.1, 0.15) is 0 Å². The van der Waals surface area contributed by atoms with Crippen molar-refractivity contribution < 1.29 is 0 Å². The lowest BCUT2D eigenvalue weighted by atomic mass is 10.1. The molecule has 0 fully saturated rings. The topological polar surface area (TPSA) is 12.4 Å².